The van der Waals surface area contributed by atoms with Gasteiger partial charge in [-0.05, 0) is 24.3 Å². The van der Waals surface area contributed by atoms with Crippen LogP contribution >= 0.6 is 0 Å². The third-order valence-electron chi connectivity index (χ3n) is 2.47. The van der Waals surface area contributed by atoms with E-state index in [1.807, 2.05) is 12.1 Å². The second-order valence-corrected chi connectivity index (χ2v) is 7.53. The normalized spacial score (nSPS) is 11.7. The number of rotatable bonds is 0. The van der Waals surface area contributed by atoms with Gasteiger partial charge in [-0.15, -0.1) is 0 Å². The Balaban J connectivity index is 0.000000257. The molecular weight excluding hydrogens is 393 g/mol. The topological polar surface area (TPSA) is 101 Å². The molecule has 7 heteroatoms. The molecule has 0 atom stereocenters. The van der Waals surface area contributed by atoms with Gasteiger partial charge in [0, 0.05) is 17.2 Å². The number of hydrogen-bond acceptors (Lipinski definition) is 4. The van der Waals surface area contributed by atoms with Gasteiger partial charge in [0.05, 0.1) is 11.6 Å². The van der Waals surface area contributed by atoms with E-state index in [-0.39, 0.29) is 21.2 Å². The van der Waals surface area contributed by atoms with E-state index in [0.29, 0.717) is 0 Å². The summed E-state index contributed by atoms with van der Waals surface area (Å²) in [6, 6.07) is 16.8. The van der Waals surface area contributed by atoms with Crippen molar-refractivity contribution in [3.63, 3.8) is 0 Å². The van der Waals surface area contributed by atoms with E-state index in [1.54, 1.807) is 0 Å². The zero-order chi connectivity index (χ0) is 14.8. The van der Waals surface area contributed by atoms with Crippen molar-refractivity contribution in [3.8, 4) is 17.2 Å². The fourth-order valence-electron chi connectivity index (χ4n) is 1.75. The maximum atomic E-state index is 8.85. The SMILES string of the molecule is N#Cc1ccc2c(c1)[I+]c1ccccc1-2.O=S(=O)([O-])O. The number of halogens is 1. The van der Waals surface area contributed by atoms with Crippen molar-refractivity contribution in [1.29, 1.82) is 5.26 Å². The number of nitriles is 1. The Hall–Kier alpha value is -1.47. The van der Waals surface area contributed by atoms with Crippen molar-refractivity contribution >= 4 is 10.4 Å². The molecule has 5 nitrogen and oxygen atoms in total. The van der Waals surface area contributed by atoms with Crippen molar-refractivity contribution in [3.05, 3.63) is 55.2 Å². The van der Waals surface area contributed by atoms with Crippen molar-refractivity contribution < 1.29 is 38.7 Å². The summed E-state index contributed by atoms with van der Waals surface area (Å²) >= 11 is -0.0712. The summed E-state index contributed by atoms with van der Waals surface area (Å²) in [6.07, 6.45) is 0. The molecule has 3 rings (SSSR count). The van der Waals surface area contributed by atoms with Gasteiger partial charge in [-0.2, -0.15) is 5.26 Å². The highest BCUT2D eigenvalue weighted by atomic mass is 127. The maximum absolute atomic E-state index is 8.85. The zero-order valence-corrected chi connectivity index (χ0v) is 12.9. The second kappa shape index (κ2) is 5.88. The van der Waals surface area contributed by atoms with Crippen LogP contribution in [0.1, 0.15) is 5.56 Å². The van der Waals surface area contributed by atoms with E-state index in [9.17, 15) is 0 Å². The summed E-state index contributed by atoms with van der Waals surface area (Å²) < 4.78 is 35.7. The van der Waals surface area contributed by atoms with Crippen molar-refractivity contribution in [2.24, 2.45) is 0 Å². The largest absolute Gasteiger partial charge is 0.726 e. The average Bonchev–Trinajstić information content (AvgIpc) is 2.74. The van der Waals surface area contributed by atoms with Gasteiger partial charge in [0.1, 0.15) is 0 Å². The molecule has 0 amide bonds. The first-order valence-corrected chi connectivity index (χ1v) is 8.87. The highest BCUT2D eigenvalue weighted by Crippen LogP contribution is 2.22. The number of nitrogens with zero attached hydrogens (tertiary/aromatic N) is 1. The molecule has 0 radical (unpaired) electrons. The van der Waals surface area contributed by atoms with E-state index in [2.05, 4.69) is 36.4 Å². The van der Waals surface area contributed by atoms with Gasteiger partial charge in [-0.3, -0.25) is 4.55 Å². The highest BCUT2D eigenvalue weighted by molar-refractivity contribution is 7.79. The van der Waals surface area contributed by atoms with Crippen LogP contribution < -0.4 is 21.2 Å². The second-order valence-electron chi connectivity index (χ2n) is 3.81. The van der Waals surface area contributed by atoms with Gasteiger partial charge in [0.2, 0.25) is 17.5 Å². The molecule has 1 aliphatic rings. The molecule has 20 heavy (non-hydrogen) atoms. The van der Waals surface area contributed by atoms with Crippen LogP contribution in [0.25, 0.3) is 11.1 Å². The van der Waals surface area contributed by atoms with E-state index in [1.165, 1.54) is 18.3 Å². The first-order valence-electron chi connectivity index (χ1n) is 5.35. The Morgan fingerprint density at radius 2 is 1.70 bits per heavy atom. The molecule has 0 bridgehead atoms. The third kappa shape index (κ3) is 3.77. The molecule has 102 valence electrons. The standard InChI is InChI=1S/C13H7IN.H2O4S/c15-8-9-5-6-11-10-3-1-2-4-12(10)14-13(11)7-9;1-5(2,3)4/h1-7H;(H2,1,2,3,4)/q+1;/p-1. The van der Waals surface area contributed by atoms with Crippen molar-refractivity contribution in [1.82, 2.24) is 0 Å². The predicted molar refractivity (Wildman–Crippen MR) is 66.3 cm³/mol. The lowest BCUT2D eigenvalue weighted by molar-refractivity contribution is -0.589. The van der Waals surface area contributed by atoms with Gasteiger partial charge < -0.3 is 4.55 Å². The monoisotopic (exact) mass is 401 g/mol. The predicted octanol–water partition coefficient (Wildman–Crippen LogP) is -1.33. The van der Waals surface area contributed by atoms with Crippen LogP contribution in [-0.2, 0) is 10.4 Å². The summed E-state index contributed by atoms with van der Waals surface area (Å²) in [7, 11) is -4.92. The molecule has 1 aliphatic heterocycles. The Kier molecular flexibility index (Phi) is 4.39. The average molecular weight is 401 g/mol. The lowest BCUT2D eigenvalue weighted by Crippen LogP contribution is -3.61. The molecule has 2 aromatic rings. The lowest BCUT2D eigenvalue weighted by atomic mass is 10.0. The first kappa shape index (κ1) is 14.9. The van der Waals surface area contributed by atoms with E-state index in [4.69, 9.17) is 22.8 Å². The molecule has 1 heterocycles. The molecule has 2 aromatic carbocycles. The molecule has 0 fully saturated rings. The van der Waals surface area contributed by atoms with E-state index < -0.39 is 10.4 Å². The molecular formula is C13H8INO4S. The van der Waals surface area contributed by atoms with Gasteiger partial charge >= 0.3 is 21.2 Å². The maximum Gasteiger partial charge on any atom is 0.359 e. The van der Waals surface area contributed by atoms with Gasteiger partial charge in [-0.1, -0.05) is 12.1 Å². The van der Waals surface area contributed by atoms with Crippen LogP contribution in [0.3, 0.4) is 0 Å². The summed E-state index contributed by atoms with van der Waals surface area (Å²) in [4.78, 5) is 0. The van der Waals surface area contributed by atoms with Crippen LogP contribution in [0.5, 0.6) is 0 Å². The minimum Gasteiger partial charge on any atom is -0.726 e. The highest BCUT2D eigenvalue weighted by Gasteiger charge is 2.32. The van der Waals surface area contributed by atoms with Gasteiger partial charge in [0.15, 0.2) is 0 Å². The molecule has 0 spiro atoms. The smallest absolute Gasteiger partial charge is 0.359 e. The van der Waals surface area contributed by atoms with E-state index in [0.717, 1.165) is 5.56 Å². The van der Waals surface area contributed by atoms with Crippen LogP contribution in [0.2, 0.25) is 0 Å². The van der Waals surface area contributed by atoms with Crippen LogP contribution in [-0.4, -0.2) is 17.5 Å². The molecule has 0 aliphatic carbocycles. The quantitative estimate of drug-likeness (QED) is 0.286. The summed E-state index contributed by atoms with van der Waals surface area (Å²) in [5, 5.41) is 8.85. The Morgan fingerprint density at radius 3 is 2.35 bits per heavy atom. The van der Waals surface area contributed by atoms with Crippen LogP contribution in [0.4, 0.5) is 0 Å². The van der Waals surface area contributed by atoms with Crippen molar-refractivity contribution in [2.45, 2.75) is 0 Å². The molecule has 0 aromatic heterocycles. The minimum absolute atomic E-state index is 0.0712. The van der Waals surface area contributed by atoms with Crippen molar-refractivity contribution in [2.75, 3.05) is 0 Å². The van der Waals surface area contributed by atoms with Crippen LogP contribution in [0.15, 0.2) is 42.5 Å². The minimum atomic E-state index is -4.92. The Morgan fingerprint density at radius 1 is 1.10 bits per heavy atom. The fourth-order valence-corrected chi connectivity index (χ4v) is 4.78. The number of fused-ring (bicyclic) bond motifs is 3. The fraction of sp³-hybridized carbons (Fsp3) is 0. The Labute approximate surface area is 126 Å². The zero-order valence-electron chi connectivity index (χ0n) is 9.95. The third-order valence-corrected chi connectivity index (χ3v) is 5.46. The molecule has 0 saturated carbocycles. The van der Waals surface area contributed by atoms with Gasteiger partial charge in [0.25, 0.3) is 0 Å². The van der Waals surface area contributed by atoms with E-state index >= 15 is 0 Å². The molecule has 1 N–H and O–H groups in total. The first-order chi connectivity index (χ1) is 9.38. The summed E-state index contributed by atoms with van der Waals surface area (Å²) in [6.45, 7) is 0. The number of hydrogen-bond donors (Lipinski definition) is 1. The molecule has 0 unspecified atom stereocenters. The summed E-state index contributed by atoms with van der Waals surface area (Å²) in [5.74, 6) is 0. The summed E-state index contributed by atoms with van der Waals surface area (Å²) in [5.41, 5.74) is 3.48. The lowest BCUT2D eigenvalue weighted by Gasteiger charge is -1.93. The number of benzene rings is 2. The van der Waals surface area contributed by atoms with Gasteiger partial charge in [-0.25, -0.2) is 8.42 Å². The molecule has 0 saturated heterocycles. The Bertz CT molecular complexity index is 788. The van der Waals surface area contributed by atoms with Crippen LogP contribution in [0, 0.1) is 18.5 Å².